The second-order valence-electron chi connectivity index (χ2n) is 12.6. The van der Waals surface area contributed by atoms with Crippen LogP contribution in [0.25, 0.3) is 10.8 Å². The van der Waals surface area contributed by atoms with Gasteiger partial charge in [-0.3, -0.25) is 14.4 Å². The molecule has 3 aliphatic heterocycles. The number of aliphatic hydroxyl groups excluding tert-OH is 1. The molecule has 230 valence electrons. The van der Waals surface area contributed by atoms with Crippen LogP contribution in [0.2, 0.25) is 0 Å². The van der Waals surface area contributed by atoms with Gasteiger partial charge in [0, 0.05) is 17.5 Å². The summed E-state index contributed by atoms with van der Waals surface area (Å²) >= 11 is 1.64. The van der Waals surface area contributed by atoms with Gasteiger partial charge in [-0.2, -0.15) is 0 Å². The number of hydrogen-bond donors (Lipinski definition) is 3. The Hall–Kier alpha value is -4.14. The van der Waals surface area contributed by atoms with Crippen molar-refractivity contribution in [3.05, 3.63) is 114 Å². The summed E-state index contributed by atoms with van der Waals surface area (Å²) in [6.45, 7) is 2.19. The molecule has 0 saturated carbocycles. The van der Waals surface area contributed by atoms with Gasteiger partial charge in [0.1, 0.15) is 6.04 Å². The van der Waals surface area contributed by atoms with Crippen LogP contribution in [0, 0.1) is 17.8 Å². The molecule has 2 bridgehead atoms. The first kappa shape index (κ1) is 29.6. The van der Waals surface area contributed by atoms with E-state index in [1.165, 1.54) is 0 Å². The van der Waals surface area contributed by atoms with Crippen molar-refractivity contribution in [1.82, 2.24) is 10.2 Å². The standard InChI is InChI=1S/C37H37N3O4S/c1-23-18-30-31(34(42)38-21-25-12-6-3-7-13-25)32-36(44)40(29(22-41)19-24-10-4-2-5-11-24)33(37(23,32)45-30)35(43)39-28-17-16-26-14-8-9-15-27(26)20-28/h2-17,20,23,29-33,41H,18-19,21-22H2,1H3,(H,38,42)(H,39,43)/t23?,29-,30-,31+,32+,33?,37?/m1/s1. The Balaban J connectivity index is 1.25. The van der Waals surface area contributed by atoms with Gasteiger partial charge in [-0.1, -0.05) is 97.9 Å². The predicted octanol–water partition coefficient (Wildman–Crippen LogP) is 5.04. The highest BCUT2D eigenvalue weighted by Gasteiger charge is 2.76. The van der Waals surface area contributed by atoms with Crippen molar-refractivity contribution < 1.29 is 19.5 Å². The second kappa shape index (κ2) is 12.0. The minimum atomic E-state index is -0.848. The molecule has 3 amide bonds. The SMILES string of the molecule is CC1C[C@H]2SC13C(C(=O)Nc1ccc4ccccc4c1)N([C@@H](CO)Cc1ccccc1)C(=O)[C@@H]3[C@H]2C(=O)NCc1ccccc1. The summed E-state index contributed by atoms with van der Waals surface area (Å²) in [4.78, 5) is 44.7. The normalized spacial score (nSPS) is 27.4. The lowest BCUT2D eigenvalue weighted by Crippen LogP contribution is -2.57. The zero-order valence-electron chi connectivity index (χ0n) is 25.1. The van der Waals surface area contributed by atoms with E-state index in [0.29, 0.717) is 18.7 Å². The summed E-state index contributed by atoms with van der Waals surface area (Å²) in [7, 11) is 0. The topological polar surface area (TPSA) is 98.7 Å². The van der Waals surface area contributed by atoms with E-state index in [2.05, 4.69) is 17.6 Å². The van der Waals surface area contributed by atoms with Crippen LogP contribution in [0.4, 0.5) is 5.69 Å². The van der Waals surface area contributed by atoms with Crippen molar-refractivity contribution in [1.29, 1.82) is 0 Å². The lowest BCUT2D eigenvalue weighted by molar-refractivity contribution is -0.142. The molecule has 7 atom stereocenters. The minimum absolute atomic E-state index is 0.0213. The summed E-state index contributed by atoms with van der Waals surface area (Å²) in [5.74, 6) is -1.85. The van der Waals surface area contributed by atoms with Crippen molar-refractivity contribution in [2.45, 2.75) is 48.4 Å². The molecule has 4 aromatic rings. The molecule has 3 N–H and O–H groups in total. The number of carbonyl (C=O) groups excluding carboxylic acids is 3. The largest absolute Gasteiger partial charge is 0.394 e. The van der Waals surface area contributed by atoms with E-state index in [9.17, 15) is 19.5 Å². The van der Waals surface area contributed by atoms with E-state index in [4.69, 9.17) is 0 Å². The third-order valence-electron chi connectivity index (χ3n) is 9.98. The van der Waals surface area contributed by atoms with Crippen LogP contribution in [0.15, 0.2) is 103 Å². The molecular formula is C37H37N3O4S. The summed E-state index contributed by atoms with van der Waals surface area (Å²) in [5.41, 5.74) is 2.60. The number of rotatable bonds is 9. The molecule has 3 fully saturated rings. The van der Waals surface area contributed by atoms with Crippen molar-refractivity contribution in [3.8, 4) is 0 Å². The number of nitrogens with zero attached hydrogens (tertiary/aromatic N) is 1. The lowest BCUT2D eigenvalue weighted by atomic mass is 9.66. The number of hydrogen-bond acceptors (Lipinski definition) is 5. The van der Waals surface area contributed by atoms with E-state index in [1.807, 2.05) is 103 Å². The molecule has 0 aliphatic carbocycles. The average molecular weight is 620 g/mol. The smallest absolute Gasteiger partial charge is 0.248 e. The van der Waals surface area contributed by atoms with Crippen LogP contribution >= 0.6 is 11.8 Å². The van der Waals surface area contributed by atoms with E-state index in [-0.39, 0.29) is 35.5 Å². The number of anilines is 1. The fourth-order valence-electron chi connectivity index (χ4n) is 7.97. The molecule has 3 aliphatic rings. The maximum absolute atomic E-state index is 14.7. The van der Waals surface area contributed by atoms with Crippen LogP contribution in [0.3, 0.4) is 0 Å². The molecule has 8 heteroatoms. The Kier molecular flexibility index (Phi) is 7.88. The first-order valence-corrected chi connectivity index (χ1v) is 16.5. The number of thioether (sulfide) groups is 1. The fraction of sp³-hybridized carbons (Fsp3) is 0.324. The molecule has 45 heavy (non-hydrogen) atoms. The van der Waals surface area contributed by atoms with Gasteiger partial charge in [0.25, 0.3) is 0 Å². The number of likely N-dealkylation sites (tertiary alicyclic amines) is 1. The summed E-state index contributed by atoms with van der Waals surface area (Å²) < 4.78 is -0.790. The minimum Gasteiger partial charge on any atom is -0.394 e. The third kappa shape index (κ3) is 5.10. The predicted molar refractivity (Wildman–Crippen MR) is 177 cm³/mol. The van der Waals surface area contributed by atoms with Gasteiger partial charge in [-0.15, -0.1) is 11.8 Å². The van der Waals surface area contributed by atoms with Gasteiger partial charge in [0.05, 0.1) is 29.2 Å². The number of carbonyl (C=O) groups is 3. The van der Waals surface area contributed by atoms with Gasteiger partial charge in [0.2, 0.25) is 17.7 Å². The first-order valence-electron chi connectivity index (χ1n) is 15.7. The molecule has 3 saturated heterocycles. The van der Waals surface area contributed by atoms with Gasteiger partial charge in [-0.25, -0.2) is 0 Å². The molecule has 0 radical (unpaired) electrons. The summed E-state index contributed by atoms with van der Waals surface area (Å²) in [6, 6.07) is 31.8. The molecular weight excluding hydrogens is 582 g/mol. The van der Waals surface area contributed by atoms with Gasteiger partial charge in [0.15, 0.2) is 0 Å². The number of fused-ring (bicyclic) bond motifs is 2. The van der Waals surface area contributed by atoms with Gasteiger partial charge in [-0.05, 0) is 52.8 Å². The van der Waals surface area contributed by atoms with Gasteiger partial charge < -0.3 is 20.6 Å². The highest BCUT2D eigenvalue weighted by molar-refractivity contribution is 8.02. The van der Waals surface area contributed by atoms with Crippen molar-refractivity contribution >= 4 is 45.9 Å². The van der Waals surface area contributed by atoms with Crippen LogP contribution in [-0.4, -0.2) is 56.4 Å². The molecule has 7 rings (SSSR count). The monoisotopic (exact) mass is 619 g/mol. The average Bonchev–Trinajstić information content (AvgIpc) is 3.67. The van der Waals surface area contributed by atoms with Crippen LogP contribution < -0.4 is 10.6 Å². The second-order valence-corrected chi connectivity index (χ2v) is 14.1. The lowest BCUT2D eigenvalue weighted by Gasteiger charge is -2.40. The van der Waals surface area contributed by atoms with Crippen LogP contribution in [0.1, 0.15) is 24.5 Å². The number of aliphatic hydroxyl groups is 1. The van der Waals surface area contributed by atoms with Gasteiger partial charge >= 0.3 is 0 Å². The van der Waals surface area contributed by atoms with Crippen molar-refractivity contribution in [2.75, 3.05) is 11.9 Å². The third-order valence-corrected chi connectivity index (χ3v) is 12.1. The Labute approximate surface area is 267 Å². The zero-order chi connectivity index (χ0) is 31.1. The molecule has 3 heterocycles. The highest BCUT2D eigenvalue weighted by atomic mass is 32.2. The maximum Gasteiger partial charge on any atom is 0.248 e. The number of amides is 3. The van der Waals surface area contributed by atoms with Crippen molar-refractivity contribution in [2.24, 2.45) is 17.8 Å². The molecule has 0 aromatic heterocycles. The van der Waals surface area contributed by atoms with Crippen LogP contribution in [-0.2, 0) is 27.3 Å². The number of nitrogens with one attached hydrogen (secondary N) is 2. The maximum atomic E-state index is 14.7. The molecule has 3 unspecified atom stereocenters. The zero-order valence-corrected chi connectivity index (χ0v) is 26.0. The summed E-state index contributed by atoms with van der Waals surface area (Å²) in [5, 5.41) is 19.0. The molecule has 7 nitrogen and oxygen atoms in total. The van der Waals surface area contributed by atoms with Crippen LogP contribution in [0.5, 0.6) is 0 Å². The molecule has 4 aromatic carbocycles. The van der Waals surface area contributed by atoms with Crippen molar-refractivity contribution in [3.63, 3.8) is 0 Å². The Bertz CT molecular complexity index is 1730. The highest BCUT2D eigenvalue weighted by Crippen LogP contribution is 2.68. The Morgan fingerprint density at radius 3 is 2.29 bits per heavy atom. The molecule has 1 spiro atoms. The van der Waals surface area contributed by atoms with E-state index in [1.54, 1.807) is 16.7 Å². The van der Waals surface area contributed by atoms with E-state index < -0.39 is 28.7 Å². The Morgan fingerprint density at radius 1 is 0.911 bits per heavy atom. The quantitative estimate of drug-likeness (QED) is 0.244. The first-order chi connectivity index (χ1) is 21.9. The number of benzene rings is 4. The Morgan fingerprint density at radius 2 is 1.58 bits per heavy atom. The van der Waals surface area contributed by atoms with E-state index in [0.717, 1.165) is 28.3 Å². The van der Waals surface area contributed by atoms with E-state index >= 15 is 0 Å². The fourth-order valence-corrected chi connectivity index (χ4v) is 10.4. The summed E-state index contributed by atoms with van der Waals surface area (Å²) in [6.07, 6.45) is 1.15.